The lowest BCUT2D eigenvalue weighted by molar-refractivity contribution is -0.125. The molecule has 6 heteroatoms. The molecule has 86 valence electrons. The number of ether oxygens (including phenoxy) is 1. The molecule has 4 nitrogen and oxygen atoms in total. The van der Waals surface area contributed by atoms with Crippen LogP contribution in [0.15, 0.2) is 18.2 Å². The number of hydrogen-bond donors (Lipinski definition) is 1. The Bertz CT molecular complexity index is 436. The lowest BCUT2D eigenvalue weighted by atomic mass is 10.2. The molecule has 0 saturated heterocycles. The first-order chi connectivity index (χ1) is 7.41. The Morgan fingerprint density at radius 3 is 2.62 bits per heavy atom. The second-order valence-electron chi connectivity index (χ2n) is 3.07. The first kappa shape index (κ1) is 12.4. The molecule has 1 aromatic carbocycles. The van der Waals surface area contributed by atoms with Crippen LogP contribution in [0.5, 0.6) is 0 Å². The van der Waals surface area contributed by atoms with Crippen molar-refractivity contribution in [1.82, 2.24) is 0 Å². The number of nitrogens with two attached hydrogens (primary N) is 1. The quantitative estimate of drug-likeness (QED) is 0.821. The van der Waals surface area contributed by atoms with Gasteiger partial charge >= 0.3 is 5.97 Å². The zero-order chi connectivity index (χ0) is 12.3. The molecule has 16 heavy (non-hydrogen) atoms. The van der Waals surface area contributed by atoms with Gasteiger partial charge in [0.2, 0.25) is 0 Å². The summed E-state index contributed by atoms with van der Waals surface area (Å²) in [4.78, 5) is 22.0. The fourth-order valence-electron chi connectivity index (χ4n) is 0.937. The number of carbonyl (C=O) groups is 2. The molecule has 0 aliphatic heterocycles. The number of carbonyl (C=O) groups excluding carboxylic acids is 2. The Morgan fingerprint density at radius 2 is 2.12 bits per heavy atom. The topological polar surface area (TPSA) is 69.4 Å². The van der Waals surface area contributed by atoms with E-state index in [1.165, 1.54) is 19.1 Å². The van der Waals surface area contributed by atoms with Crippen molar-refractivity contribution < 1.29 is 18.7 Å². The minimum atomic E-state index is -1.11. The summed E-state index contributed by atoms with van der Waals surface area (Å²) in [5.41, 5.74) is 4.60. The van der Waals surface area contributed by atoms with E-state index in [1.807, 2.05) is 0 Å². The van der Waals surface area contributed by atoms with E-state index in [0.717, 1.165) is 6.07 Å². The van der Waals surface area contributed by atoms with Crippen molar-refractivity contribution in [3.05, 3.63) is 34.6 Å². The van der Waals surface area contributed by atoms with Gasteiger partial charge in [0.1, 0.15) is 5.82 Å². The molecule has 0 saturated carbocycles. The summed E-state index contributed by atoms with van der Waals surface area (Å²) in [5, 5.41) is 0.164. The maximum Gasteiger partial charge on any atom is 0.341 e. The summed E-state index contributed by atoms with van der Waals surface area (Å²) in [6.45, 7) is 1.30. The smallest absolute Gasteiger partial charge is 0.341 e. The minimum Gasteiger partial charge on any atom is -0.449 e. The van der Waals surface area contributed by atoms with Crippen LogP contribution in [0.2, 0.25) is 5.02 Å². The van der Waals surface area contributed by atoms with Gasteiger partial charge in [0.25, 0.3) is 5.91 Å². The fraction of sp³-hybridized carbons (Fsp3) is 0.200. The summed E-state index contributed by atoms with van der Waals surface area (Å²) in [5.74, 6) is -2.57. The summed E-state index contributed by atoms with van der Waals surface area (Å²) in [6, 6.07) is 3.50. The third-order valence-corrected chi connectivity index (χ3v) is 2.07. The van der Waals surface area contributed by atoms with Gasteiger partial charge in [0.05, 0.1) is 5.56 Å². The first-order valence-electron chi connectivity index (χ1n) is 4.37. The van der Waals surface area contributed by atoms with Crippen molar-refractivity contribution >= 4 is 23.5 Å². The number of rotatable bonds is 3. The Hall–Kier alpha value is -1.62. The van der Waals surface area contributed by atoms with Gasteiger partial charge in [-0.05, 0) is 25.1 Å². The predicted molar refractivity (Wildman–Crippen MR) is 55.5 cm³/mol. The number of halogens is 2. The Morgan fingerprint density at radius 1 is 1.50 bits per heavy atom. The molecule has 0 spiro atoms. The average Bonchev–Trinajstić information content (AvgIpc) is 2.16. The molecule has 0 aromatic heterocycles. The molecule has 0 fully saturated rings. The van der Waals surface area contributed by atoms with Crippen LogP contribution in [-0.4, -0.2) is 18.0 Å². The molecule has 0 unspecified atom stereocenters. The lowest BCUT2D eigenvalue weighted by Crippen LogP contribution is -2.30. The maximum absolute atomic E-state index is 13.3. The largest absolute Gasteiger partial charge is 0.449 e. The number of benzene rings is 1. The third-order valence-electron chi connectivity index (χ3n) is 1.84. The van der Waals surface area contributed by atoms with Crippen LogP contribution in [0.4, 0.5) is 4.39 Å². The molecule has 0 aliphatic carbocycles. The number of hydrogen-bond acceptors (Lipinski definition) is 3. The van der Waals surface area contributed by atoms with Crippen molar-refractivity contribution in [2.45, 2.75) is 13.0 Å². The van der Waals surface area contributed by atoms with Crippen LogP contribution in [0.25, 0.3) is 0 Å². The average molecular weight is 246 g/mol. The molecule has 0 heterocycles. The fourth-order valence-corrected chi connectivity index (χ4v) is 1.10. The summed E-state index contributed by atoms with van der Waals surface area (Å²) in [7, 11) is 0. The van der Waals surface area contributed by atoms with Gasteiger partial charge in [-0.15, -0.1) is 0 Å². The van der Waals surface area contributed by atoms with Gasteiger partial charge in [0.15, 0.2) is 6.10 Å². The minimum absolute atomic E-state index is 0.164. The van der Waals surface area contributed by atoms with Crippen molar-refractivity contribution in [3.63, 3.8) is 0 Å². The van der Waals surface area contributed by atoms with E-state index in [-0.39, 0.29) is 10.6 Å². The lowest BCUT2D eigenvalue weighted by Gasteiger charge is -2.09. The molecular weight excluding hydrogens is 237 g/mol. The molecule has 1 amide bonds. The van der Waals surface area contributed by atoms with Gasteiger partial charge in [-0.2, -0.15) is 0 Å². The van der Waals surface area contributed by atoms with Crippen molar-refractivity contribution in [3.8, 4) is 0 Å². The summed E-state index contributed by atoms with van der Waals surface area (Å²) in [6.07, 6.45) is -1.11. The van der Waals surface area contributed by atoms with Crippen LogP contribution in [0, 0.1) is 5.82 Å². The van der Waals surface area contributed by atoms with E-state index < -0.39 is 23.8 Å². The van der Waals surface area contributed by atoms with E-state index in [1.54, 1.807) is 0 Å². The van der Waals surface area contributed by atoms with E-state index in [4.69, 9.17) is 17.3 Å². The Kier molecular flexibility index (Phi) is 3.84. The van der Waals surface area contributed by atoms with Crippen LogP contribution < -0.4 is 5.73 Å². The third kappa shape index (κ3) is 2.93. The van der Waals surface area contributed by atoms with Gasteiger partial charge in [0, 0.05) is 5.02 Å². The molecule has 1 rings (SSSR count). The highest BCUT2D eigenvalue weighted by Gasteiger charge is 2.19. The standard InChI is InChI=1S/C10H9ClFNO3/c1-5(9(13)14)16-10(15)7-3-2-6(11)4-8(7)12/h2-5H,1H3,(H2,13,14)/t5-/m0/s1. The highest BCUT2D eigenvalue weighted by Crippen LogP contribution is 2.15. The highest BCUT2D eigenvalue weighted by atomic mass is 35.5. The van der Waals surface area contributed by atoms with Crippen LogP contribution >= 0.6 is 11.6 Å². The van der Waals surface area contributed by atoms with E-state index in [0.29, 0.717) is 0 Å². The first-order valence-corrected chi connectivity index (χ1v) is 4.75. The van der Waals surface area contributed by atoms with Crippen LogP contribution in [0.1, 0.15) is 17.3 Å². The normalized spacial score (nSPS) is 11.9. The molecule has 0 bridgehead atoms. The van der Waals surface area contributed by atoms with Crippen molar-refractivity contribution in [1.29, 1.82) is 0 Å². The SMILES string of the molecule is C[C@H](OC(=O)c1ccc(Cl)cc1F)C(N)=O. The number of amides is 1. The summed E-state index contributed by atoms with van der Waals surface area (Å²) >= 11 is 5.51. The van der Waals surface area contributed by atoms with E-state index in [2.05, 4.69) is 4.74 Å². The maximum atomic E-state index is 13.3. The molecular formula is C10H9ClFNO3. The Balaban J connectivity index is 2.85. The molecule has 0 aliphatic rings. The molecule has 1 atom stereocenters. The Labute approximate surface area is 96.1 Å². The van der Waals surface area contributed by atoms with Crippen molar-refractivity contribution in [2.24, 2.45) is 5.73 Å². The van der Waals surface area contributed by atoms with Gasteiger partial charge in [-0.1, -0.05) is 11.6 Å². The number of esters is 1. The number of primary amides is 1. The second-order valence-corrected chi connectivity index (χ2v) is 3.51. The van der Waals surface area contributed by atoms with E-state index in [9.17, 15) is 14.0 Å². The van der Waals surface area contributed by atoms with Gasteiger partial charge < -0.3 is 10.5 Å². The highest BCUT2D eigenvalue weighted by molar-refractivity contribution is 6.30. The zero-order valence-corrected chi connectivity index (χ0v) is 9.12. The second kappa shape index (κ2) is 4.94. The van der Waals surface area contributed by atoms with Gasteiger partial charge in [-0.3, -0.25) is 4.79 Å². The van der Waals surface area contributed by atoms with E-state index >= 15 is 0 Å². The van der Waals surface area contributed by atoms with Crippen LogP contribution in [0.3, 0.4) is 0 Å². The van der Waals surface area contributed by atoms with Crippen LogP contribution in [-0.2, 0) is 9.53 Å². The molecule has 0 radical (unpaired) electrons. The monoisotopic (exact) mass is 245 g/mol. The predicted octanol–water partition coefficient (Wildman–Crippen LogP) is 1.51. The van der Waals surface area contributed by atoms with Gasteiger partial charge in [-0.25, -0.2) is 9.18 Å². The molecule has 2 N–H and O–H groups in total. The summed E-state index contributed by atoms with van der Waals surface area (Å²) < 4.78 is 17.9. The van der Waals surface area contributed by atoms with Crippen molar-refractivity contribution in [2.75, 3.05) is 0 Å². The zero-order valence-electron chi connectivity index (χ0n) is 8.37. The molecule has 1 aromatic rings.